The fourth-order valence-corrected chi connectivity index (χ4v) is 1.66. The number of hydrogen-bond donors (Lipinski definition) is 0. The lowest BCUT2D eigenvalue weighted by atomic mass is 10.2. The van der Waals surface area contributed by atoms with E-state index in [0.717, 1.165) is 17.1 Å². The summed E-state index contributed by atoms with van der Waals surface area (Å²) < 4.78 is 7.11. The van der Waals surface area contributed by atoms with Crippen molar-refractivity contribution in [1.29, 1.82) is 0 Å². The van der Waals surface area contributed by atoms with E-state index in [0.29, 0.717) is 5.92 Å². The molecule has 3 rings (SSSR count). The summed E-state index contributed by atoms with van der Waals surface area (Å²) in [5, 5.41) is 4.50. The van der Waals surface area contributed by atoms with Gasteiger partial charge in [-0.3, -0.25) is 0 Å². The fraction of sp³-hybridized carbons (Fsp3) is 0.400. The summed E-state index contributed by atoms with van der Waals surface area (Å²) in [5.74, 6) is 1.46. The predicted octanol–water partition coefficient (Wildman–Crippen LogP) is 1.62. The highest BCUT2D eigenvalue weighted by atomic mass is 16.5. The Labute approximate surface area is 81.5 Å². The number of ether oxygens (including phenoxy) is 1. The Hall–Kier alpha value is -1.58. The Morgan fingerprint density at radius 1 is 1.50 bits per heavy atom. The molecule has 0 bridgehead atoms. The van der Waals surface area contributed by atoms with Crippen LogP contribution in [0.5, 0.6) is 5.75 Å². The van der Waals surface area contributed by atoms with E-state index in [1.54, 1.807) is 17.8 Å². The molecule has 1 saturated carbocycles. The summed E-state index contributed by atoms with van der Waals surface area (Å²) in [6.07, 6.45) is 6.06. The molecule has 0 atom stereocenters. The lowest BCUT2D eigenvalue weighted by Gasteiger charge is -2.06. The van der Waals surface area contributed by atoms with Crippen molar-refractivity contribution in [2.45, 2.75) is 18.8 Å². The van der Waals surface area contributed by atoms with Crippen molar-refractivity contribution in [3.05, 3.63) is 24.2 Å². The lowest BCUT2D eigenvalue weighted by Crippen LogP contribution is -1.99. The number of fused-ring (bicyclic) bond motifs is 1. The van der Waals surface area contributed by atoms with Gasteiger partial charge in [0.15, 0.2) is 5.65 Å². The quantitative estimate of drug-likeness (QED) is 0.720. The lowest BCUT2D eigenvalue weighted by molar-refractivity contribution is 0.405. The Bertz CT molecular complexity index is 473. The summed E-state index contributed by atoms with van der Waals surface area (Å²) in [6, 6.07) is 1.95. The van der Waals surface area contributed by atoms with Gasteiger partial charge in [-0.05, 0) is 12.8 Å². The molecule has 0 aliphatic heterocycles. The van der Waals surface area contributed by atoms with Crippen LogP contribution in [0.25, 0.3) is 5.65 Å². The molecule has 0 spiro atoms. The van der Waals surface area contributed by atoms with Gasteiger partial charge in [-0.15, -0.1) is 0 Å². The Kier molecular flexibility index (Phi) is 1.50. The summed E-state index contributed by atoms with van der Waals surface area (Å²) in [5.41, 5.74) is 1.91. The molecule has 0 aromatic carbocycles. The van der Waals surface area contributed by atoms with Gasteiger partial charge >= 0.3 is 0 Å². The molecule has 1 aliphatic carbocycles. The van der Waals surface area contributed by atoms with Gasteiger partial charge in [0.25, 0.3) is 0 Å². The van der Waals surface area contributed by atoms with Crippen LogP contribution in [0.2, 0.25) is 0 Å². The first kappa shape index (κ1) is 7.79. The minimum atomic E-state index is 0.594. The van der Waals surface area contributed by atoms with E-state index in [1.165, 1.54) is 12.8 Å². The van der Waals surface area contributed by atoms with Gasteiger partial charge in [-0.1, -0.05) is 0 Å². The van der Waals surface area contributed by atoms with Crippen molar-refractivity contribution in [3.8, 4) is 5.75 Å². The van der Waals surface area contributed by atoms with Gasteiger partial charge in [0.2, 0.25) is 0 Å². The topological polar surface area (TPSA) is 39.4 Å². The minimum absolute atomic E-state index is 0.594. The van der Waals surface area contributed by atoms with Crippen LogP contribution in [0, 0.1) is 0 Å². The third-order valence-corrected chi connectivity index (χ3v) is 2.56. The number of methoxy groups -OCH3 is 1. The first-order valence-corrected chi connectivity index (χ1v) is 4.77. The van der Waals surface area contributed by atoms with E-state index in [2.05, 4.69) is 10.1 Å². The minimum Gasteiger partial charge on any atom is -0.495 e. The van der Waals surface area contributed by atoms with Crippen LogP contribution in [-0.2, 0) is 0 Å². The molecule has 0 unspecified atom stereocenters. The zero-order chi connectivity index (χ0) is 9.54. The summed E-state index contributed by atoms with van der Waals surface area (Å²) >= 11 is 0. The Morgan fingerprint density at radius 2 is 2.36 bits per heavy atom. The van der Waals surface area contributed by atoms with Gasteiger partial charge in [0, 0.05) is 24.4 Å². The van der Waals surface area contributed by atoms with Crippen LogP contribution < -0.4 is 4.74 Å². The monoisotopic (exact) mass is 189 g/mol. The molecular weight excluding hydrogens is 178 g/mol. The summed E-state index contributed by atoms with van der Waals surface area (Å²) in [6.45, 7) is 0. The molecule has 14 heavy (non-hydrogen) atoms. The zero-order valence-electron chi connectivity index (χ0n) is 7.97. The molecule has 0 N–H and O–H groups in total. The highest BCUT2D eigenvalue weighted by Crippen LogP contribution is 2.42. The predicted molar refractivity (Wildman–Crippen MR) is 51.5 cm³/mol. The largest absolute Gasteiger partial charge is 0.495 e. The normalized spacial score (nSPS) is 16.1. The molecule has 72 valence electrons. The van der Waals surface area contributed by atoms with Gasteiger partial charge in [-0.25, -0.2) is 9.50 Å². The molecule has 2 aromatic heterocycles. The molecule has 1 aliphatic rings. The van der Waals surface area contributed by atoms with Crippen molar-refractivity contribution in [1.82, 2.24) is 14.6 Å². The molecule has 4 nitrogen and oxygen atoms in total. The standard InChI is InChI=1S/C10H11N3O/c1-14-8-6-9-11-4-5-13(9)12-10(8)7-2-3-7/h4-7H,2-3H2,1H3. The molecule has 0 radical (unpaired) electrons. The maximum Gasteiger partial charge on any atom is 0.157 e. The summed E-state index contributed by atoms with van der Waals surface area (Å²) in [4.78, 5) is 4.17. The van der Waals surface area contributed by atoms with Crippen LogP contribution in [0.1, 0.15) is 24.5 Å². The maximum absolute atomic E-state index is 5.31. The SMILES string of the molecule is COc1cc2nccn2nc1C1CC1. The second-order valence-corrected chi connectivity index (χ2v) is 3.60. The second-order valence-electron chi connectivity index (χ2n) is 3.60. The fourth-order valence-electron chi connectivity index (χ4n) is 1.66. The second kappa shape index (κ2) is 2.70. The van der Waals surface area contributed by atoms with Gasteiger partial charge < -0.3 is 4.74 Å². The van der Waals surface area contributed by atoms with E-state index in [9.17, 15) is 0 Å². The zero-order valence-corrected chi connectivity index (χ0v) is 7.97. The molecule has 4 heteroatoms. The molecule has 1 fully saturated rings. The van der Waals surface area contributed by atoms with E-state index in [-0.39, 0.29) is 0 Å². The van der Waals surface area contributed by atoms with Crippen LogP contribution in [0.4, 0.5) is 0 Å². The van der Waals surface area contributed by atoms with Crippen molar-refractivity contribution >= 4 is 5.65 Å². The average Bonchev–Trinajstić information content (AvgIpc) is 2.95. The number of aromatic nitrogens is 3. The van der Waals surface area contributed by atoms with Crippen molar-refractivity contribution in [2.24, 2.45) is 0 Å². The van der Waals surface area contributed by atoms with Gasteiger partial charge in [0.1, 0.15) is 11.4 Å². The first-order chi connectivity index (χ1) is 6.88. The Morgan fingerprint density at radius 3 is 3.07 bits per heavy atom. The summed E-state index contributed by atoms with van der Waals surface area (Å²) in [7, 11) is 1.68. The van der Waals surface area contributed by atoms with Gasteiger partial charge in [-0.2, -0.15) is 5.10 Å². The average molecular weight is 189 g/mol. The molecule has 2 heterocycles. The van der Waals surface area contributed by atoms with Crippen molar-refractivity contribution in [2.75, 3.05) is 7.11 Å². The molecule has 2 aromatic rings. The van der Waals surface area contributed by atoms with Crippen molar-refractivity contribution in [3.63, 3.8) is 0 Å². The maximum atomic E-state index is 5.31. The van der Waals surface area contributed by atoms with E-state index in [4.69, 9.17) is 4.74 Å². The number of hydrogen-bond acceptors (Lipinski definition) is 3. The number of nitrogens with zero attached hydrogens (tertiary/aromatic N) is 3. The van der Waals surface area contributed by atoms with Crippen LogP contribution >= 0.6 is 0 Å². The molecular formula is C10H11N3O. The number of imidazole rings is 1. The van der Waals surface area contributed by atoms with E-state index < -0.39 is 0 Å². The smallest absolute Gasteiger partial charge is 0.157 e. The van der Waals surface area contributed by atoms with Crippen LogP contribution in [-0.4, -0.2) is 21.7 Å². The van der Waals surface area contributed by atoms with E-state index in [1.807, 2.05) is 12.3 Å². The van der Waals surface area contributed by atoms with Crippen LogP contribution in [0.3, 0.4) is 0 Å². The Balaban J connectivity index is 2.23. The first-order valence-electron chi connectivity index (χ1n) is 4.77. The highest BCUT2D eigenvalue weighted by molar-refractivity contribution is 5.46. The highest BCUT2D eigenvalue weighted by Gasteiger charge is 2.29. The van der Waals surface area contributed by atoms with Gasteiger partial charge in [0.05, 0.1) is 7.11 Å². The third kappa shape index (κ3) is 1.07. The van der Waals surface area contributed by atoms with Crippen LogP contribution in [0.15, 0.2) is 18.5 Å². The van der Waals surface area contributed by atoms with Crippen molar-refractivity contribution < 1.29 is 4.74 Å². The number of rotatable bonds is 2. The molecule has 0 saturated heterocycles. The molecule has 0 amide bonds. The van der Waals surface area contributed by atoms with E-state index >= 15 is 0 Å². The third-order valence-electron chi connectivity index (χ3n) is 2.56.